The molecule has 0 aliphatic heterocycles. The van der Waals surface area contributed by atoms with E-state index in [1.165, 1.54) is 23.1 Å². The lowest BCUT2D eigenvalue weighted by Gasteiger charge is -2.07. The number of pyridine rings is 1. The number of carbonyl (C=O) groups is 2. The largest absolute Gasteiger partial charge is 0.455 e. The molecule has 1 N–H and O–H groups in total. The summed E-state index contributed by atoms with van der Waals surface area (Å²) >= 11 is 2.76. The molecule has 0 radical (unpaired) electrons. The van der Waals surface area contributed by atoms with Gasteiger partial charge in [0.05, 0.1) is 17.7 Å². The lowest BCUT2D eigenvalue weighted by atomic mass is 10.2. The minimum atomic E-state index is -0.440. The Morgan fingerprint density at radius 1 is 1.21 bits per heavy atom. The summed E-state index contributed by atoms with van der Waals surface area (Å²) in [5.74, 6) is -0.573. The van der Waals surface area contributed by atoms with Crippen molar-refractivity contribution in [2.24, 2.45) is 0 Å². The van der Waals surface area contributed by atoms with Crippen LogP contribution in [0.25, 0.3) is 0 Å². The van der Waals surface area contributed by atoms with Gasteiger partial charge in [0.25, 0.3) is 0 Å². The maximum Gasteiger partial charge on any atom is 0.341 e. The molecule has 0 aliphatic rings. The van der Waals surface area contributed by atoms with Crippen molar-refractivity contribution in [2.45, 2.75) is 25.0 Å². The van der Waals surface area contributed by atoms with Crippen molar-refractivity contribution >= 4 is 40.7 Å². The van der Waals surface area contributed by atoms with Gasteiger partial charge in [-0.25, -0.2) is 14.8 Å². The second kappa shape index (κ2) is 9.48. The number of carbonyl (C=O) groups excluding carboxylic acids is 2. The van der Waals surface area contributed by atoms with E-state index < -0.39 is 5.97 Å². The van der Waals surface area contributed by atoms with Gasteiger partial charge in [0.1, 0.15) is 16.6 Å². The summed E-state index contributed by atoms with van der Waals surface area (Å²) in [4.78, 5) is 33.0. The zero-order valence-electron chi connectivity index (χ0n) is 15.5. The number of esters is 1. The lowest BCUT2D eigenvalue weighted by Crippen LogP contribution is -2.15. The zero-order chi connectivity index (χ0) is 19.9. The van der Waals surface area contributed by atoms with E-state index in [2.05, 4.69) is 15.3 Å². The number of thiazole rings is 1. The highest BCUT2D eigenvalue weighted by atomic mass is 32.2. The van der Waals surface area contributed by atoms with Crippen LogP contribution in [-0.4, -0.2) is 28.1 Å². The molecule has 0 saturated heterocycles. The number of thioether (sulfide) groups is 1. The molecule has 144 valence electrons. The molecular weight excluding hydrogens is 394 g/mol. The first-order chi connectivity index (χ1) is 13.6. The molecule has 0 aliphatic carbocycles. The molecule has 1 aromatic carbocycles. The molecule has 0 atom stereocenters. The van der Waals surface area contributed by atoms with Crippen LogP contribution in [0.4, 0.5) is 5.69 Å². The van der Waals surface area contributed by atoms with Gasteiger partial charge in [0.15, 0.2) is 0 Å². The van der Waals surface area contributed by atoms with Gasteiger partial charge in [-0.3, -0.25) is 4.79 Å². The molecule has 0 spiro atoms. The van der Waals surface area contributed by atoms with Crippen molar-refractivity contribution in [1.29, 1.82) is 0 Å². The van der Waals surface area contributed by atoms with Crippen LogP contribution in [-0.2, 0) is 22.6 Å². The van der Waals surface area contributed by atoms with Crippen LogP contribution in [0.15, 0.2) is 53.0 Å². The summed E-state index contributed by atoms with van der Waals surface area (Å²) in [5, 5.41) is 5.97. The Balaban J connectivity index is 1.55. The van der Waals surface area contributed by atoms with E-state index in [1.807, 2.05) is 37.4 Å². The van der Waals surface area contributed by atoms with Gasteiger partial charge in [-0.2, -0.15) is 0 Å². The number of aryl methyl sites for hydroxylation is 1. The quantitative estimate of drug-likeness (QED) is 0.464. The Labute approximate surface area is 171 Å². The molecule has 0 bridgehead atoms. The molecule has 3 rings (SSSR count). The van der Waals surface area contributed by atoms with Gasteiger partial charge in [-0.15, -0.1) is 23.1 Å². The third-order valence-corrected chi connectivity index (χ3v) is 5.48. The fourth-order valence-electron chi connectivity index (χ4n) is 2.47. The maximum atomic E-state index is 12.3. The maximum absolute atomic E-state index is 12.3. The van der Waals surface area contributed by atoms with Crippen molar-refractivity contribution in [3.05, 3.63) is 69.8 Å². The Bertz CT molecular complexity index is 988. The summed E-state index contributed by atoms with van der Waals surface area (Å²) in [5.41, 5.74) is 2.84. The monoisotopic (exact) mass is 413 g/mol. The highest BCUT2D eigenvalue weighted by molar-refractivity contribution is 7.98. The number of nitrogens with one attached hydrogen (secondary N) is 1. The van der Waals surface area contributed by atoms with Gasteiger partial charge < -0.3 is 10.1 Å². The van der Waals surface area contributed by atoms with Crippen molar-refractivity contribution in [3.8, 4) is 0 Å². The molecule has 6 nitrogen and oxygen atoms in total. The number of amides is 1. The number of aromatic nitrogens is 2. The molecule has 28 heavy (non-hydrogen) atoms. The van der Waals surface area contributed by atoms with Crippen LogP contribution < -0.4 is 5.32 Å². The van der Waals surface area contributed by atoms with E-state index in [0.29, 0.717) is 21.3 Å². The third kappa shape index (κ3) is 5.17. The number of para-hydroxylation sites is 1. The number of hydrogen-bond acceptors (Lipinski definition) is 7. The average molecular weight is 414 g/mol. The van der Waals surface area contributed by atoms with Gasteiger partial charge in [0.2, 0.25) is 5.91 Å². The molecule has 0 unspecified atom stereocenters. The van der Waals surface area contributed by atoms with E-state index in [0.717, 1.165) is 11.3 Å². The van der Waals surface area contributed by atoms with Gasteiger partial charge >= 0.3 is 5.97 Å². The SMILES string of the molecule is CSc1ncccc1C(=O)OCc1csc(CC(=O)Nc2ccccc2C)n1. The predicted octanol–water partition coefficient (Wildman–Crippen LogP) is 4.11. The Hall–Kier alpha value is -2.71. The van der Waals surface area contributed by atoms with E-state index >= 15 is 0 Å². The van der Waals surface area contributed by atoms with Gasteiger partial charge in [0, 0.05) is 17.3 Å². The van der Waals surface area contributed by atoms with Crippen LogP contribution in [0.3, 0.4) is 0 Å². The molecule has 2 aromatic heterocycles. The molecule has 8 heteroatoms. The van der Waals surface area contributed by atoms with Crippen molar-refractivity contribution < 1.29 is 14.3 Å². The summed E-state index contributed by atoms with van der Waals surface area (Å²) in [6.45, 7) is 1.99. The molecule has 0 saturated carbocycles. The zero-order valence-corrected chi connectivity index (χ0v) is 17.1. The summed E-state index contributed by atoms with van der Waals surface area (Å²) < 4.78 is 5.34. The van der Waals surface area contributed by atoms with E-state index in [4.69, 9.17) is 4.74 Å². The fourth-order valence-corrected chi connectivity index (χ4v) is 3.78. The Kier molecular flexibility index (Phi) is 6.78. The second-order valence-corrected chi connectivity index (χ2v) is 7.65. The number of nitrogens with zero attached hydrogens (tertiary/aromatic N) is 2. The smallest absolute Gasteiger partial charge is 0.341 e. The van der Waals surface area contributed by atoms with Crippen molar-refractivity contribution in [3.63, 3.8) is 0 Å². The predicted molar refractivity (Wildman–Crippen MR) is 111 cm³/mol. The van der Waals surface area contributed by atoms with Gasteiger partial charge in [-0.05, 0) is 36.9 Å². The third-order valence-electron chi connectivity index (χ3n) is 3.87. The van der Waals surface area contributed by atoms with E-state index in [-0.39, 0.29) is 18.9 Å². The topological polar surface area (TPSA) is 81.2 Å². The van der Waals surface area contributed by atoms with Crippen LogP contribution in [0, 0.1) is 6.92 Å². The Morgan fingerprint density at radius 3 is 2.82 bits per heavy atom. The van der Waals surface area contributed by atoms with Gasteiger partial charge in [-0.1, -0.05) is 18.2 Å². The number of benzene rings is 1. The second-order valence-electron chi connectivity index (χ2n) is 5.91. The Morgan fingerprint density at radius 2 is 2.04 bits per heavy atom. The minimum absolute atomic E-state index is 0.0530. The summed E-state index contributed by atoms with van der Waals surface area (Å²) in [6, 6.07) is 11.0. The first-order valence-electron chi connectivity index (χ1n) is 8.51. The molecule has 1 amide bonds. The number of ether oxygens (including phenoxy) is 1. The highest BCUT2D eigenvalue weighted by Crippen LogP contribution is 2.19. The molecule has 3 aromatic rings. The molecular formula is C20H19N3O3S2. The standard InChI is InChI=1S/C20H19N3O3S2/c1-13-6-3-4-8-16(13)23-17(24)10-18-22-14(12-28-18)11-26-20(25)15-7-5-9-21-19(15)27-2/h3-9,12H,10-11H2,1-2H3,(H,23,24). The van der Waals surface area contributed by atoms with Crippen LogP contribution in [0.5, 0.6) is 0 Å². The van der Waals surface area contributed by atoms with E-state index in [1.54, 1.807) is 23.7 Å². The average Bonchev–Trinajstić information content (AvgIpc) is 3.15. The van der Waals surface area contributed by atoms with Crippen molar-refractivity contribution in [1.82, 2.24) is 9.97 Å². The van der Waals surface area contributed by atoms with Crippen molar-refractivity contribution in [2.75, 3.05) is 11.6 Å². The molecule has 0 fully saturated rings. The van der Waals surface area contributed by atoms with E-state index in [9.17, 15) is 9.59 Å². The lowest BCUT2D eigenvalue weighted by molar-refractivity contribution is -0.115. The number of anilines is 1. The highest BCUT2D eigenvalue weighted by Gasteiger charge is 2.15. The minimum Gasteiger partial charge on any atom is -0.455 e. The number of rotatable bonds is 7. The normalized spacial score (nSPS) is 10.5. The summed E-state index contributed by atoms with van der Waals surface area (Å²) in [6.07, 6.45) is 3.66. The summed E-state index contributed by atoms with van der Waals surface area (Å²) in [7, 11) is 0. The van der Waals surface area contributed by atoms with Crippen LogP contribution >= 0.6 is 23.1 Å². The molecule has 2 heterocycles. The fraction of sp³-hybridized carbons (Fsp3) is 0.200. The first kappa shape index (κ1) is 20.0. The number of hydrogen-bond donors (Lipinski definition) is 1. The van der Waals surface area contributed by atoms with Crippen LogP contribution in [0.2, 0.25) is 0 Å². The first-order valence-corrected chi connectivity index (χ1v) is 10.6. The van der Waals surface area contributed by atoms with Crippen LogP contribution in [0.1, 0.15) is 26.6 Å².